The van der Waals surface area contributed by atoms with Crippen LogP contribution in [-0.4, -0.2) is 0 Å². The Labute approximate surface area is 114 Å². The molecule has 1 nitrogen and oxygen atoms in total. The number of hydrogen-bond donors (Lipinski definition) is 1. The lowest BCUT2D eigenvalue weighted by molar-refractivity contribution is 0.622. The summed E-state index contributed by atoms with van der Waals surface area (Å²) >= 11 is 3.49. The molecule has 1 aliphatic rings. The van der Waals surface area contributed by atoms with Crippen LogP contribution in [0.2, 0.25) is 0 Å². The van der Waals surface area contributed by atoms with E-state index in [9.17, 15) is 4.39 Å². The summed E-state index contributed by atoms with van der Waals surface area (Å²) < 4.78 is 14.0. The summed E-state index contributed by atoms with van der Waals surface area (Å²) in [6.07, 6.45) is 2.08. The Morgan fingerprint density at radius 3 is 2.67 bits per heavy atom. The normalized spacial score (nSPS) is 18.0. The van der Waals surface area contributed by atoms with Crippen LogP contribution in [0, 0.1) is 5.82 Å². The van der Waals surface area contributed by atoms with E-state index in [4.69, 9.17) is 0 Å². The lowest BCUT2D eigenvalue weighted by Crippen LogP contribution is -2.17. The molecule has 1 aliphatic heterocycles. The first-order chi connectivity index (χ1) is 8.72. The maximum Gasteiger partial charge on any atom is 0.123 e. The average molecular weight is 306 g/mol. The van der Waals surface area contributed by atoms with Gasteiger partial charge in [-0.05, 0) is 54.3 Å². The molecular formula is C15H13BrFN. The monoisotopic (exact) mass is 305 g/mol. The predicted molar refractivity (Wildman–Crippen MR) is 75.2 cm³/mol. The Bertz CT molecular complexity index is 565. The van der Waals surface area contributed by atoms with Gasteiger partial charge in [0.1, 0.15) is 5.82 Å². The van der Waals surface area contributed by atoms with Crippen LogP contribution in [-0.2, 0) is 6.42 Å². The SMILES string of the molecule is Fc1ccc(C2CCc3cc(Br)ccc3N2)cc1. The molecule has 0 aromatic heterocycles. The van der Waals surface area contributed by atoms with Crippen molar-refractivity contribution in [2.45, 2.75) is 18.9 Å². The molecule has 0 saturated carbocycles. The molecule has 18 heavy (non-hydrogen) atoms. The van der Waals surface area contributed by atoms with Gasteiger partial charge in [0, 0.05) is 10.2 Å². The van der Waals surface area contributed by atoms with Gasteiger partial charge in [0.15, 0.2) is 0 Å². The highest BCUT2D eigenvalue weighted by molar-refractivity contribution is 9.10. The van der Waals surface area contributed by atoms with Crippen LogP contribution in [0.4, 0.5) is 10.1 Å². The maximum atomic E-state index is 12.9. The molecular weight excluding hydrogens is 293 g/mol. The minimum Gasteiger partial charge on any atom is -0.378 e. The van der Waals surface area contributed by atoms with E-state index in [2.05, 4.69) is 33.4 Å². The molecule has 0 amide bonds. The molecule has 0 bridgehead atoms. The third-order valence-electron chi connectivity index (χ3n) is 3.37. The molecule has 1 heterocycles. The fourth-order valence-electron chi connectivity index (χ4n) is 2.41. The van der Waals surface area contributed by atoms with Crippen LogP contribution in [0.5, 0.6) is 0 Å². The van der Waals surface area contributed by atoms with Crippen LogP contribution < -0.4 is 5.32 Å². The van der Waals surface area contributed by atoms with Gasteiger partial charge < -0.3 is 5.32 Å². The Morgan fingerprint density at radius 2 is 1.89 bits per heavy atom. The van der Waals surface area contributed by atoms with Gasteiger partial charge in [0.25, 0.3) is 0 Å². The number of halogens is 2. The molecule has 1 atom stereocenters. The van der Waals surface area contributed by atoms with Crippen molar-refractivity contribution in [1.29, 1.82) is 0 Å². The molecule has 92 valence electrons. The second-order valence-corrected chi connectivity index (χ2v) is 5.50. The second kappa shape index (κ2) is 4.73. The Kier molecular flexibility index (Phi) is 3.08. The third-order valence-corrected chi connectivity index (χ3v) is 3.86. The van der Waals surface area contributed by atoms with Crippen molar-refractivity contribution in [3.8, 4) is 0 Å². The van der Waals surface area contributed by atoms with Crippen molar-refractivity contribution in [2.24, 2.45) is 0 Å². The molecule has 0 saturated heterocycles. The number of fused-ring (bicyclic) bond motifs is 1. The average Bonchev–Trinajstić information content (AvgIpc) is 2.39. The van der Waals surface area contributed by atoms with E-state index in [1.54, 1.807) is 0 Å². The molecule has 3 heteroatoms. The highest BCUT2D eigenvalue weighted by Gasteiger charge is 2.19. The summed E-state index contributed by atoms with van der Waals surface area (Å²) in [4.78, 5) is 0. The molecule has 0 aliphatic carbocycles. The van der Waals surface area contributed by atoms with Crippen molar-refractivity contribution in [3.05, 3.63) is 63.9 Å². The largest absolute Gasteiger partial charge is 0.378 e. The quantitative estimate of drug-likeness (QED) is 0.806. The minimum absolute atomic E-state index is 0.182. The number of aryl methyl sites for hydroxylation is 1. The first-order valence-electron chi connectivity index (χ1n) is 6.03. The van der Waals surface area contributed by atoms with Crippen molar-refractivity contribution >= 4 is 21.6 Å². The summed E-state index contributed by atoms with van der Waals surface area (Å²) in [6, 6.07) is 13.3. The molecule has 0 fully saturated rings. The lowest BCUT2D eigenvalue weighted by Gasteiger charge is -2.27. The maximum absolute atomic E-state index is 12.9. The van der Waals surface area contributed by atoms with Gasteiger partial charge in [0.05, 0.1) is 6.04 Å². The summed E-state index contributed by atoms with van der Waals surface area (Å²) in [6.45, 7) is 0. The summed E-state index contributed by atoms with van der Waals surface area (Å²) in [7, 11) is 0. The third kappa shape index (κ3) is 2.27. The smallest absolute Gasteiger partial charge is 0.123 e. The van der Waals surface area contributed by atoms with Crippen LogP contribution in [0.1, 0.15) is 23.6 Å². The highest BCUT2D eigenvalue weighted by atomic mass is 79.9. The van der Waals surface area contributed by atoms with Gasteiger partial charge in [-0.3, -0.25) is 0 Å². The summed E-state index contributed by atoms with van der Waals surface area (Å²) in [5.41, 5.74) is 3.66. The van der Waals surface area contributed by atoms with Crippen LogP contribution in [0.15, 0.2) is 46.9 Å². The van der Waals surface area contributed by atoms with Crippen molar-refractivity contribution in [2.75, 3.05) is 5.32 Å². The van der Waals surface area contributed by atoms with E-state index >= 15 is 0 Å². The van der Waals surface area contributed by atoms with Crippen molar-refractivity contribution in [3.63, 3.8) is 0 Å². The Balaban J connectivity index is 1.86. The van der Waals surface area contributed by atoms with Gasteiger partial charge in [-0.25, -0.2) is 4.39 Å². The zero-order valence-corrected chi connectivity index (χ0v) is 11.4. The van der Waals surface area contributed by atoms with Gasteiger partial charge in [-0.15, -0.1) is 0 Å². The fraction of sp³-hybridized carbons (Fsp3) is 0.200. The molecule has 2 aromatic carbocycles. The standard InChI is InChI=1S/C15H13BrFN/c16-12-4-8-15-11(9-12)3-7-14(18-15)10-1-5-13(17)6-2-10/h1-2,4-6,8-9,14,18H,3,7H2. The molecule has 0 spiro atoms. The van der Waals surface area contributed by atoms with Gasteiger partial charge in [0.2, 0.25) is 0 Å². The van der Waals surface area contributed by atoms with Crippen molar-refractivity contribution < 1.29 is 4.39 Å². The van der Waals surface area contributed by atoms with E-state index in [0.717, 1.165) is 22.9 Å². The first-order valence-corrected chi connectivity index (χ1v) is 6.82. The second-order valence-electron chi connectivity index (χ2n) is 4.59. The highest BCUT2D eigenvalue weighted by Crippen LogP contribution is 2.33. The first kappa shape index (κ1) is 11.7. The van der Waals surface area contributed by atoms with E-state index in [0.29, 0.717) is 0 Å². The topological polar surface area (TPSA) is 12.0 Å². The number of nitrogens with one attached hydrogen (secondary N) is 1. The number of anilines is 1. The molecule has 2 aromatic rings. The number of benzene rings is 2. The Morgan fingerprint density at radius 1 is 1.11 bits per heavy atom. The lowest BCUT2D eigenvalue weighted by atomic mass is 9.93. The fourth-order valence-corrected chi connectivity index (χ4v) is 2.82. The van der Waals surface area contributed by atoms with Gasteiger partial charge in [-0.1, -0.05) is 28.1 Å². The van der Waals surface area contributed by atoms with E-state index in [1.807, 2.05) is 18.2 Å². The van der Waals surface area contributed by atoms with Crippen LogP contribution in [0.25, 0.3) is 0 Å². The minimum atomic E-state index is -0.182. The van der Waals surface area contributed by atoms with Crippen LogP contribution >= 0.6 is 15.9 Å². The zero-order chi connectivity index (χ0) is 12.5. The molecule has 3 rings (SSSR count). The van der Waals surface area contributed by atoms with E-state index < -0.39 is 0 Å². The molecule has 1 N–H and O–H groups in total. The molecule has 1 unspecified atom stereocenters. The molecule has 0 radical (unpaired) electrons. The number of rotatable bonds is 1. The number of hydrogen-bond acceptors (Lipinski definition) is 1. The van der Waals surface area contributed by atoms with Gasteiger partial charge >= 0.3 is 0 Å². The summed E-state index contributed by atoms with van der Waals surface area (Å²) in [5, 5.41) is 3.52. The summed E-state index contributed by atoms with van der Waals surface area (Å²) in [5.74, 6) is -0.182. The van der Waals surface area contributed by atoms with E-state index in [-0.39, 0.29) is 11.9 Å². The van der Waals surface area contributed by atoms with E-state index in [1.165, 1.54) is 23.4 Å². The Hall–Kier alpha value is -1.35. The van der Waals surface area contributed by atoms with Crippen molar-refractivity contribution in [1.82, 2.24) is 0 Å². The van der Waals surface area contributed by atoms with Crippen LogP contribution in [0.3, 0.4) is 0 Å². The van der Waals surface area contributed by atoms with Gasteiger partial charge in [-0.2, -0.15) is 0 Å². The predicted octanol–water partition coefficient (Wildman–Crippen LogP) is 4.69. The zero-order valence-electron chi connectivity index (χ0n) is 9.79.